The van der Waals surface area contributed by atoms with Crippen molar-refractivity contribution in [2.24, 2.45) is 0 Å². The van der Waals surface area contributed by atoms with Crippen molar-refractivity contribution in [3.05, 3.63) is 118 Å². The Kier molecular flexibility index (Phi) is 9.03. The topological polar surface area (TPSA) is 80.3 Å². The number of hydrogen-bond acceptors (Lipinski definition) is 7. The fraction of sp³-hybridized carbons (Fsp3) is 0.250. The van der Waals surface area contributed by atoms with Crippen molar-refractivity contribution in [1.29, 1.82) is 0 Å². The molecule has 5 aromatic carbocycles. The summed E-state index contributed by atoms with van der Waals surface area (Å²) in [6.45, 7) is 2.73. The molecule has 2 aliphatic rings. The zero-order chi connectivity index (χ0) is 41.7. The minimum absolute atomic E-state index is 0.0132. The molecule has 1 aliphatic carbocycles. The fourth-order valence-electron chi connectivity index (χ4n) is 7.65. The summed E-state index contributed by atoms with van der Waals surface area (Å²) < 4.78 is 180. The number of halogens is 9. The molecule has 5 aromatic rings. The largest absolute Gasteiger partial charge is 0.534 e. The minimum atomic E-state index is -6.36. The average Bonchev–Trinajstić information content (AvgIpc) is 3.39. The lowest BCUT2D eigenvalue weighted by Gasteiger charge is -2.38. The SMILES string of the molecule is COc1ccc(C2(c3ccc(OC)cc3)C=Cc3c4c(c5cc(OS(=O)(=O)C(F)(F)F)c(OC)cc5c3O2)-c2cc(C(F)(F)F)cc(C(F)(F)F)c2C4(C)C)cc1. The van der Waals surface area contributed by atoms with Crippen molar-refractivity contribution < 1.29 is 71.1 Å². The first-order chi connectivity index (χ1) is 26.5. The van der Waals surface area contributed by atoms with Crippen LogP contribution in [0, 0.1) is 0 Å². The highest BCUT2D eigenvalue weighted by Gasteiger charge is 2.52. The van der Waals surface area contributed by atoms with Crippen molar-refractivity contribution >= 4 is 27.0 Å². The van der Waals surface area contributed by atoms with Gasteiger partial charge in [0.25, 0.3) is 0 Å². The predicted molar refractivity (Wildman–Crippen MR) is 190 cm³/mol. The van der Waals surface area contributed by atoms with Crippen LogP contribution >= 0.6 is 0 Å². The van der Waals surface area contributed by atoms with Crippen LogP contribution in [0.15, 0.2) is 78.9 Å². The van der Waals surface area contributed by atoms with Gasteiger partial charge < -0.3 is 23.1 Å². The molecule has 300 valence electrons. The summed E-state index contributed by atoms with van der Waals surface area (Å²) in [5.74, 6) is -0.714. The highest BCUT2D eigenvalue weighted by molar-refractivity contribution is 7.88. The molecule has 1 aliphatic heterocycles. The fourth-order valence-corrected chi connectivity index (χ4v) is 8.11. The molecule has 1 heterocycles. The van der Waals surface area contributed by atoms with Crippen LogP contribution in [0.2, 0.25) is 0 Å². The first-order valence-corrected chi connectivity index (χ1v) is 18.1. The molecule has 0 bridgehead atoms. The van der Waals surface area contributed by atoms with Crippen LogP contribution in [0.25, 0.3) is 28.0 Å². The van der Waals surface area contributed by atoms with E-state index >= 15 is 0 Å². The maximum absolute atomic E-state index is 14.8. The van der Waals surface area contributed by atoms with Gasteiger partial charge in [-0.15, -0.1) is 0 Å². The van der Waals surface area contributed by atoms with Crippen molar-refractivity contribution in [1.82, 2.24) is 0 Å². The molecular formula is C40H29F9O7S. The van der Waals surface area contributed by atoms with Crippen LogP contribution in [-0.4, -0.2) is 35.3 Å². The van der Waals surface area contributed by atoms with Crippen molar-refractivity contribution in [3.63, 3.8) is 0 Å². The second kappa shape index (κ2) is 13.0. The number of benzene rings is 5. The van der Waals surface area contributed by atoms with Crippen LogP contribution in [0.1, 0.15) is 52.8 Å². The molecule has 57 heavy (non-hydrogen) atoms. The first-order valence-electron chi connectivity index (χ1n) is 16.7. The summed E-state index contributed by atoms with van der Waals surface area (Å²) in [7, 11) is -2.45. The maximum Gasteiger partial charge on any atom is 0.534 e. The van der Waals surface area contributed by atoms with E-state index in [9.17, 15) is 47.9 Å². The average molecular weight is 825 g/mol. The van der Waals surface area contributed by atoms with E-state index < -0.39 is 72.7 Å². The van der Waals surface area contributed by atoms with Gasteiger partial charge in [0.05, 0.1) is 32.5 Å². The smallest absolute Gasteiger partial charge is 0.497 e. The zero-order valence-electron chi connectivity index (χ0n) is 30.3. The monoisotopic (exact) mass is 824 g/mol. The first kappa shape index (κ1) is 39.6. The lowest BCUT2D eigenvalue weighted by atomic mass is 9.75. The quantitative estimate of drug-likeness (QED) is 0.0918. The molecule has 0 aromatic heterocycles. The Morgan fingerprint density at radius 2 is 1.19 bits per heavy atom. The Hall–Kier alpha value is -5.58. The summed E-state index contributed by atoms with van der Waals surface area (Å²) in [6, 6.07) is 15.8. The van der Waals surface area contributed by atoms with E-state index in [1.807, 2.05) is 0 Å². The standard InChI is InChI=1S/C40H29F9O7S/c1-36(2)33-28(16-22(38(41,42)43)17-29(33)39(44,45)46)32-26-18-31(56-57(50,51)40(47,48)49)30(54-5)19-27(26)35-25(34(32)36)14-15-37(55-35,20-6-10-23(52-3)11-7-20)21-8-12-24(53-4)13-9-21/h6-19H,1-5H3. The lowest BCUT2D eigenvalue weighted by molar-refractivity contribution is -0.143. The third-order valence-electron chi connectivity index (χ3n) is 10.1. The molecule has 0 spiro atoms. The number of rotatable bonds is 7. The number of methoxy groups -OCH3 is 3. The van der Waals surface area contributed by atoms with Gasteiger partial charge in [0, 0.05) is 27.5 Å². The predicted octanol–water partition coefficient (Wildman–Crippen LogP) is 10.8. The highest BCUT2D eigenvalue weighted by Crippen LogP contribution is 2.61. The second-order valence-corrected chi connectivity index (χ2v) is 15.3. The Balaban J connectivity index is 1.64. The number of alkyl halides is 9. The van der Waals surface area contributed by atoms with Gasteiger partial charge in [-0.05, 0) is 82.2 Å². The van der Waals surface area contributed by atoms with E-state index in [4.69, 9.17) is 18.9 Å². The molecule has 17 heteroatoms. The summed E-state index contributed by atoms with van der Waals surface area (Å²) in [5.41, 5.74) is -12.6. The molecule has 0 radical (unpaired) electrons. The van der Waals surface area contributed by atoms with Gasteiger partial charge in [0.1, 0.15) is 17.2 Å². The van der Waals surface area contributed by atoms with Gasteiger partial charge >= 0.3 is 28.0 Å². The number of ether oxygens (including phenoxy) is 4. The Morgan fingerprint density at radius 3 is 1.67 bits per heavy atom. The lowest BCUT2D eigenvalue weighted by Crippen LogP contribution is -2.35. The molecule has 0 saturated heterocycles. The van der Waals surface area contributed by atoms with E-state index in [0.29, 0.717) is 28.7 Å². The third kappa shape index (κ3) is 6.26. The van der Waals surface area contributed by atoms with Gasteiger partial charge in [-0.3, -0.25) is 0 Å². The number of hydrogen-bond donors (Lipinski definition) is 0. The van der Waals surface area contributed by atoms with Gasteiger partial charge in [-0.1, -0.05) is 44.2 Å². The van der Waals surface area contributed by atoms with E-state index in [-0.39, 0.29) is 39.3 Å². The molecule has 0 fully saturated rings. The van der Waals surface area contributed by atoms with E-state index in [1.165, 1.54) is 28.1 Å². The van der Waals surface area contributed by atoms with Gasteiger partial charge in [-0.25, -0.2) is 0 Å². The highest BCUT2D eigenvalue weighted by atomic mass is 32.2. The molecule has 0 amide bonds. The maximum atomic E-state index is 14.8. The summed E-state index contributed by atoms with van der Waals surface area (Å²) in [6.07, 6.45) is -7.38. The Morgan fingerprint density at radius 1 is 0.649 bits per heavy atom. The van der Waals surface area contributed by atoms with Crippen molar-refractivity contribution in [2.45, 2.75) is 42.7 Å². The summed E-state index contributed by atoms with van der Waals surface area (Å²) in [4.78, 5) is 0. The molecular weight excluding hydrogens is 795 g/mol. The van der Waals surface area contributed by atoms with Gasteiger partial charge in [0.15, 0.2) is 17.1 Å². The van der Waals surface area contributed by atoms with Gasteiger partial charge in [-0.2, -0.15) is 47.9 Å². The van der Waals surface area contributed by atoms with Crippen LogP contribution < -0.4 is 23.1 Å². The Bertz CT molecular complexity index is 2530. The third-order valence-corrected chi connectivity index (χ3v) is 11.1. The molecule has 7 rings (SSSR count). The van der Waals surface area contributed by atoms with Crippen LogP contribution in [0.3, 0.4) is 0 Å². The molecule has 0 unspecified atom stereocenters. The van der Waals surface area contributed by atoms with E-state index in [0.717, 1.165) is 19.2 Å². The van der Waals surface area contributed by atoms with Crippen LogP contribution in [0.5, 0.6) is 28.7 Å². The summed E-state index contributed by atoms with van der Waals surface area (Å²) in [5, 5.41) is -0.354. The molecule has 0 saturated carbocycles. The van der Waals surface area contributed by atoms with Crippen LogP contribution in [0.4, 0.5) is 39.5 Å². The van der Waals surface area contributed by atoms with Gasteiger partial charge in [0.2, 0.25) is 0 Å². The molecule has 0 atom stereocenters. The summed E-state index contributed by atoms with van der Waals surface area (Å²) >= 11 is 0. The zero-order valence-corrected chi connectivity index (χ0v) is 31.1. The normalized spacial score (nSPS) is 15.7. The van der Waals surface area contributed by atoms with E-state index in [2.05, 4.69) is 4.18 Å². The minimum Gasteiger partial charge on any atom is -0.497 e. The molecule has 7 nitrogen and oxygen atoms in total. The van der Waals surface area contributed by atoms with Crippen molar-refractivity contribution in [3.8, 4) is 39.9 Å². The second-order valence-electron chi connectivity index (χ2n) is 13.7. The number of fused-ring (bicyclic) bond motifs is 8. The van der Waals surface area contributed by atoms with Crippen LogP contribution in [-0.2, 0) is 33.5 Å². The Labute approximate surface area is 319 Å². The van der Waals surface area contributed by atoms with E-state index in [1.54, 1.807) is 60.7 Å². The van der Waals surface area contributed by atoms with Crippen molar-refractivity contribution in [2.75, 3.05) is 21.3 Å². The molecule has 0 N–H and O–H groups in total.